The van der Waals surface area contributed by atoms with Crippen molar-refractivity contribution in [2.24, 2.45) is 4.99 Å². The predicted octanol–water partition coefficient (Wildman–Crippen LogP) is 4.83. The summed E-state index contributed by atoms with van der Waals surface area (Å²) in [6.45, 7) is 5.92. The summed E-state index contributed by atoms with van der Waals surface area (Å²) in [4.78, 5) is 12.0. The standard InChI is InChI=1S/C19H20BrN3OS/c1-3-24-16-8-7-13(20)10-14(16)18-17(15-6-4-5-9-21-15)22-19-23(18)11-12(2)25-19/h4-10,12,17-18H,3,11H2,1-2H3/t12-,17+,18-/m1/s1. The highest BCUT2D eigenvalue weighted by Gasteiger charge is 2.44. The molecular formula is C19H20BrN3OS. The van der Waals surface area contributed by atoms with E-state index in [2.05, 4.69) is 44.9 Å². The maximum atomic E-state index is 5.94. The molecule has 0 bridgehead atoms. The van der Waals surface area contributed by atoms with Crippen LogP contribution in [0.15, 0.2) is 52.1 Å². The number of aliphatic imine (C=N–C) groups is 1. The molecule has 1 aromatic carbocycles. The van der Waals surface area contributed by atoms with Crippen LogP contribution in [0.25, 0.3) is 0 Å². The molecule has 1 aromatic heterocycles. The van der Waals surface area contributed by atoms with E-state index in [9.17, 15) is 0 Å². The minimum Gasteiger partial charge on any atom is -0.494 e. The van der Waals surface area contributed by atoms with Crippen LogP contribution < -0.4 is 4.74 Å². The van der Waals surface area contributed by atoms with Gasteiger partial charge in [-0.1, -0.05) is 40.7 Å². The predicted molar refractivity (Wildman–Crippen MR) is 106 cm³/mol. The number of pyridine rings is 1. The number of amidine groups is 1. The molecule has 0 saturated carbocycles. The third-order valence-corrected chi connectivity index (χ3v) is 6.07. The van der Waals surface area contributed by atoms with Gasteiger partial charge in [-0.25, -0.2) is 0 Å². The highest BCUT2D eigenvalue weighted by molar-refractivity contribution is 9.10. The fraction of sp³-hybridized carbons (Fsp3) is 0.368. The van der Waals surface area contributed by atoms with Gasteiger partial charge in [-0.3, -0.25) is 9.98 Å². The molecule has 0 aliphatic carbocycles. The zero-order chi connectivity index (χ0) is 17.4. The van der Waals surface area contributed by atoms with Gasteiger partial charge in [0.25, 0.3) is 0 Å². The largest absolute Gasteiger partial charge is 0.494 e. The van der Waals surface area contributed by atoms with Crippen LogP contribution in [0.2, 0.25) is 0 Å². The molecule has 130 valence electrons. The molecule has 2 aliphatic rings. The Morgan fingerprint density at radius 2 is 2.20 bits per heavy atom. The summed E-state index contributed by atoms with van der Waals surface area (Å²) in [6.07, 6.45) is 1.84. The first-order valence-electron chi connectivity index (χ1n) is 8.51. The van der Waals surface area contributed by atoms with Crippen molar-refractivity contribution >= 4 is 32.9 Å². The molecule has 0 N–H and O–H groups in total. The van der Waals surface area contributed by atoms with Crippen molar-refractivity contribution in [2.45, 2.75) is 31.2 Å². The van der Waals surface area contributed by atoms with E-state index < -0.39 is 0 Å². The van der Waals surface area contributed by atoms with Crippen molar-refractivity contribution in [3.8, 4) is 5.75 Å². The number of nitrogens with zero attached hydrogens (tertiary/aromatic N) is 3. The van der Waals surface area contributed by atoms with Crippen LogP contribution in [0.4, 0.5) is 0 Å². The molecule has 0 spiro atoms. The van der Waals surface area contributed by atoms with Gasteiger partial charge in [0.2, 0.25) is 0 Å². The Labute approximate surface area is 160 Å². The van der Waals surface area contributed by atoms with Crippen LogP contribution in [0.1, 0.15) is 37.2 Å². The summed E-state index contributed by atoms with van der Waals surface area (Å²) in [6, 6.07) is 12.4. The van der Waals surface area contributed by atoms with Crippen LogP contribution in [0.3, 0.4) is 0 Å². The quantitative estimate of drug-likeness (QED) is 0.713. The van der Waals surface area contributed by atoms with Gasteiger partial charge in [0, 0.05) is 28.0 Å². The number of hydrogen-bond donors (Lipinski definition) is 0. The van der Waals surface area contributed by atoms with Crippen molar-refractivity contribution < 1.29 is 4.74 Å². The minimum atomic E-state index is -0.00953. The van der Waals surface area contributed by atoms with E-state index in [1.165, 1.54) is 5.56 Å². The molecule has 0 unspecified atom stereocenters. The lowest BCUT2D eigenvalue weighted by Crippen LogP contribution is -2.29. The van der Waals surface area contributed by atoms with Gasteiger partial charge in [-0.05, 0) is 37.3 Å². The summed E-state index contributed by atoms with van der Waals surface area (Å²) in [5.74, 6) is 0.928. The number of rotatable bonds is 4. The zero-order valence-electron chi connectivity index (χ0n) is 14.2. The Balaban J connectivity index is 1.81. The minimum absolute atomic E-state index is 0.00953. The highest BCUT2D eigenvalue weighted by Crippen LogP contribution is 2.49. The smallest absolute Gasteiger partial charge is 0.160 e. The van der Waals surface area contributed by atoms with Crippen molar-refractivity contribution in [2.75, 3.05) is 13.2 Å². The van der Waals surface area contributed by atoms with Gasteiger partial charge < -0.3 is 9.64 Å². The van der Waals surface area contributed by atoms with Gasteiger partial charge in [-0.15, -0.1) is 0 Å². The number of ether oxygens (including phenoxy) is 1. The molecule has 0 radical (unpaired) electrons. The van der Waals surface area contributed by atoms with Crippen LogP contribution in [-0.2, 0) is 0 Å². The molecule has 3 heterocycles. The van der Waals surface area contributed by atoms with Crippen molar-refractivity contribution in [1.29, 1.82) is 0 Å². The lowest BCUT2D eigenvalue weighted by atomic mass is 9.95. The van der Waals surface area contributed by atoms with E-state index in [1.807, 2.05) is 49.1 Å². The molecule has 1 fully saturated rings. The fourth-order valence-corrected chi connectivity index (χ4v) is 4.96. The molecule has 2 aliphatic heterocycles. The van der Waals surface area contributed by atoms with Gasteiger partial charge in [0.15, 0.2) is 5.17 Å². The average molecular weight is 418 g/mol. The fourth-order valence-electron chi connectivity index (χ4n) is 3.49. The van der Waals surface area contributed by atoms with E-state index in [0.29, 0.717) is 11.9 Å². The zero-order valence-corrected chi connectivity index (χ0v) is 16.6. The number of aromatic nitrogens is 1. The van der Waals surface area contributed by atoms with Gasteiger partial charge >= 0.3 is 0 Å². The molecule has 2 aromatic rings. The SMILES string of the molecule is CCOc1ccc(Br)cc1[C@@H]1[C@H](c2ccccn2)N=C2S[C@H](C)CN21. The number of benzene rings is 1. The second-order valence-corrected chi connectivity index (χ2v) is 8.57. The van der Waals surface area contributed by atoms with E-state index in [4.69, 9.17) is 9.73 Å². The molecule has 4 nitrogen and oxygen atoms in total. The Kier molecular flexibility index (Phi) is 4.73. The van der Waals surface area contributed by atoms with E-state index >= 15 is 0 Å². The number of halogens is 1. The summed E-state index contributed by atoms with van der Waals surface area (Å²) >= 11 is 5.47. The average Bonchev–Trinajstić information content (AvgIpc) is 3.13. The van der Waals surface area contributed by atoms with Crippen LogP contribution in [-0.4, -0.2) is 33.5 Å². The van der Waals surface area contributed by atoms with Crippen LogP contribution >= 0.6 is 27.7 Å². The molecule has 6 heteroatoms. The van der Waals surface area contributed by atoms with E-state index in [0.717, 1.165) is 27.6 Å². The second-order valence-electron chi connectivity index (χ2n) is 6.25. The van der Waals surface area contributed by atoms with Gasteiger partial charge in [0.1, 0.15) is 11.8 Å². The maximum absolute atomic E-state index is 5.94. The first-order valence-corrected chi connectivity index (χ1v) is 10.2. The van der Waals surface area contributed by atoms with E-state index in [1.54, 1.807) is 0 Å². The summed E-state index contributed by atoms with van der Waals surface area (Å²) < 4.78 is 6.99. The van der Waals surface area contributed by atoms with Gasteiger partial charge in [-0.2, -0.15) is 0 Å². The van der Waals surface area contributed by atoms with Crippen molar-refractivity contribution in [1.82, 2.24) is 9.88 Å². The summed E-state index contributed by atoms with van der Waals surface area (Å²) in [5, 5.41) is 1.67. The lowest BCUT2D eigenvalue weighted by molar-refractivity contribution is 0.292. The normalized spacial score (nSPS) is 25.0. The second kappa shape index (κ2) is 7.00. The Hall–Kier alpha value is -1.53. The van der Waals surface area contributed by atoms with Crippen molar-refractivity contribution in [3.63, 3.8) is 0 Å². The van der Waals surface area contributed by atoms with Gasteiger partial charge in [0.05, 0.1) is 18.3 Å². The summed E-state index contributed by atoms with van der Waals surface area (Å²) in [5.41, 5.74) is 2.17. The third-order valence-electron chi connectivity index (χ3n) is 4.47. The molecule has 4 rings (SSSR count). The highest BCUT2D eigenvalue weighted by atomic mass is 79.9. The number of thioether (sulfide) groups is 1. The first-order chi connectivity index (χ1) is 12.2. The maximum Gasteiger partial charge on any atom is 0.160 e. The Morgan fingerprint density at radius 1 is 1.32 bits per heavy atom. The number of fused-ring (bicyclic) bond motifs is 1. The lowest BCUT2D eigenvalue weighted by Gasteiger charge is -2.29. The Bertz CT molecular complexity index is 799. The Morgan fingerprint density at radius 3 is 2.96 bits per heavy atom. The summed E-state index contributed by atoms with van der Waals surface area (Å²) in [7, 11) is 0. The third kappa shape index (κ3) is 3.17. The molecule has 25 heavy (non-hydrogen) atoms. The van der Waals surface area contributed by atoms with Crippen molar-refractivity contribution in [3.05, 3.63) is 58.3 Å². The number of hydrogen-bond acceptors (Lipinski definition) is 5. The molecule has 1 saturated heterocycles. The first kappa shape index (κ1) is 16.9. The molecule has 3 atom stereocenters. The topological polar surface area (TPSA) is 37.7 Å². The monoisotopic (exact) mass is 417 g/mol. The molecule has 0 amide bonds. The van der Waals surface area contributed by atoms with Crippen LogP contribution in [0.5, 0.6) is 5.75 Å². The van der Waals surface area contributed by atoms with E-state index in [-0.39, 0.29) is 12.1 Å². The molecular weight excluding hydrogens is 398 g/mol. The van der Waals surface area contributed by atoms with Crippen LogP contribution in [0, 0.1) is 0 Å².